The lowest BCUT2D eigenvalue weighted by Gasteiger charge is -2.20. The SMILES string of the molecule is C/C=C/C1CCC1.CC/C=C/c1c(O)cccc1CC(=O)O. The van der Waals surface area contributed by atoms with Gasteiger partial charge < -0.3 is 10.2 Å². The molecule has 0 amide bonds. The molecule has 1 aromatic carbocycles. The van der Waals surface area contributed by atoms with Crippen molar-refractivity contribution in [3.8, 4) is 5.75 Å². The molecule has 0 heterocycles. The van der Waals surface area contributed by atoms with E-state index in [9.17, 15) is 9.90 Å². The van der Waals surface area contributed by atoms with Crippen molar-refractivity contribution in [1.29, 1.82) is 0 Å². The van der Waals surface area contributed by atoms with Gasteiger partial charge >= 0.3 is 5.97 Å². The van der Waals surface area contributed by atoms with Gasteiger partial charge in [0.15, 0.2) is 0 Å². The highest BCUT2D eigenvalue weighted by molar-refractivity contribution is 5.74. The molecular weight excluding hydrogens is 276 g/mol. The average Bonchev–Trinajstić information content (AvgIpc) is 2.42. The van der Waals surface area contributed by atoms with Gasteiger partial charge in [-0.25, -0.2) is 0 Å². The summed E-state index contributed by atoms with van der Waals surface area (Å²) in [5, 5.41) is 18.3. The van der Waals surface area contributed by atoms with Crippen LogP contribution in [0.1, 0.15) is 50.7 Å². The molecule has 0 unspecified atom stereocenters. The molecule has 0 spiro atoms. The van der Waals surface area contributed by atoms with E-state index in [-0.39, 0.29) is 12.2 Å². The standard InChI is InChI=1S/C12H14O3.C7H12/c1-2-3-6-10-9(8-12(14)15)5-4-7-11(10)13;1-2-4-7-5-3-6-7/h3-7,13H,2,8H2,1H3,(H,14,15);2,4,7H,3,5-6H2,1H3/b6-3+;4-2+. The van der Waals surface area contributed by atoms with E-state index in [1.54, 1.807) is 24.3 Å². The first-order valence-electron chi connectivity index (χ1n) is 7.90. The number of benzene rings is 1. The van der Waals surface area contributed by atoms with Crippen molar-refractivity contribution in [1.82, 2.24) is 0 Å². The van der Waals surface area contributed by atoms with E-state index in [0.29, 0.717) is 11.1 Å². The van der Waals surface area contributed by atoms with Crippen LogP contribution in [0.25, 0.3) is 6.08 Å². The summed E-state index contributed by atoms with van der Waals surface area (Å²) < 4.78 is 0. The number of carboxylic acid groups (broad SMARTS) is 1. The molecule has 22 heavy (non-hydrogen) atoms. The minimum atomic E-state index is -0.897. The molecule has 0 aromatic heterocycles. The quantitative estimate of drug-likeness (QED) is 0.768. The Bertz CT molecular complexity index is 525. The summed E-state index contributed by atoms with van der Waals surface area (Å²) in [6.07, 6.45) is 13.2. The summed E-state index contributed by atoms with van der Waals surface area (Å²) in [6, 6.07) is 4.92. The molecule has 0 atom stereocenters. The predicted molar refractivity (Wildman–Crippen MR) is 90.9 cm³/mol. The van der Waals surface area contributed by atoms with Crippen molar-refractivity contribution < 1.29 is 15.0 Å². The van der Waals surface area contributed by atoms with E-state index in [2.05, 4.69) is 19.1 Å². The molecule has 1 aliphatic rings. The van der Waals surface area contributed by atoms with Crippen LogP contribution in [-0.2, 0) is 11.2 Å². The summed E-state index contributed by atoms with van der Waals surface area (Å²) in [6.45, 7) is 4.08. The smallest absolute Gasteiger partial charge is 0.307 e. The lowest BCUT2D eigenvalue weighted by Crippen LogP contribution is -2.06. The van der Waals surface area contributed by atoms with Gasteiger partial charge in [0, 0.05) is 5.56 Å². The van der Waals surface area contributed by atoms with Crippen molar-refractivity contribution in [2.75, 3.05) is 0 Å². The molecule has 2 rings (SSSR count). The van der Waals surface area contributed by atoms with Gasteiger partial charge in [-0.3, -0.25) is 4.79 Å². The van der Waals surface area contributed by atoms with Crippen molar-refractivity contribution in [3.05, 3.63) is 47.6 Å². The molecule has 1 aliphatic carbocycles. The normalized spacial score (nSPS) is 14.6. The van der Waals surface area contributed by atoms with Gasteiger partial charge in [0.2, 0.25) is 0 Å². The van der Waals surface area contributed by atoms with E-state index in [4.69, 9.17) is 5.11 Å². The van der Waals surface area contributed by atoms with Gasteiger partial charge in [-0.05, 0) is 43.7 Å². The first-order valence-corrected chi connectivity index (χ1v) is 7.90. The average molecular weight is 302 g/mol. The fourth-order valence-electron chi connectivity index (χ4n) is 2.25. The van der Waals surface area contributed by atoms with E-state index in [1.165, 1.54) is 19.3 Å². The number of hydrogen-bond donors (Lipinski definition) is 2. The Morgan fingerprint density at radius 3 is 2.55 bits per heavy atom. The Balaban J connectivity index is 0.000000287. The molecule has 0 aliphatic heterocycles. The Hall–Kier alpha value is -2.03. The largest absolute Gasteiger partial charge is 0.507 e. The van der Waals surface area contributed by atoms with Gasteiger partial charge in [-0.2, -0.15) is 0 Å². The van der Waals surface area contributed by atoms with Crippen LogP contribution in [0, 0.1) is 5.92 Å². The second kappa shape index (κ2) is 9.82. The molecular formula is C19H26O3. The number of carboxylic acids is 1. The van der Waals surface area contributed by atoms with Gasteiger partial charge in [-0.15, -0.1) is 0 Å². The van der Waals surface area contributed by atoms with Crippen LogP contribution in [0.3, 0.4) is 0 Å². The third kappa shape index (κ3) is 6.17. The number of phenols is 1. The lowest BCUT2D eigenvalue weighted by molar-refractivity contribution is -0.136. The Morgan fingerprint density at radius 2 is 2.09 bits per heavy atom. The summed E-state index contributed by atoms with van der Waals surface area (Å²) >= 11 is 0. The van der Waals surface area contributed by atoms with E-state index in [0.717, 1.165) is 12.3 Å². The molecule has 0 saturated heterocycles. The summed E-state index contributed by atoms with van der Waals surface area (Å²) in [4.78, 5) is 10.6. The number of rotatable bonds is 5. The molecule has 1 aromatic rings. The van der Waals surface area contributed by atoms with Crippen LogP contribution >= 0.6 is 0 Å². The summed E-state index contributed by atoms with van der Waals surface area (Å²) in [5.74, 6) is 0.176. The van der Waals surface area contributed by atoms with Crippen molar-refractivity contribution in [3.63, 3.8) is 0 Å². The van der Waals surface area contributed by atoms with Crippen LogP contribution in [0.15, 0.2) is 36.4 Å². The van der Waals surface area contributed by atoms with Gasteiger partial charge in [0.05, 0.1) is 6.42 Å². The minimum absolute atomic E-state index is 0.0716. The number of carbonyl (C=O) groups is 1. The number of aromatic hydroxyl groups is 1. The maximum absolute atomic E-state index is 10.6. The molecule has 120 valence electrons. The highest BCUT2D eigenvalue weighted by atomic mass is 16.4. The molecule has 1 saturated carbocycles. The zero-order valence-corrected chi connectivity index (χ0v) is 13.5. The van der Waals surface area contributed by atoms with Gasteiger partial charge in [0.1, 0.15) is 5.75 Å². The number of aliphatic carboxylic acids is 1. The second-order valence-electron chi connectivity index (χ2n) is 5.45. The van der Waals surface area contributed by atoms with Crippen LogP contribution in [0.5, 0.6) is 5.75 Å². The molecule has 0 radical (unpaired) electrons. The van der Waals surface area contributed by atoms with Crippen LogP contribution in [0.2, 0.25) is 0 Å². The molecule has 3 nitrogen and oxygen atoms in total. The Labute approximate surface area is 133 Å². The topological polar surface area (TPSA) is 57.5 Å². The van der Waals surface area contributed by atoms with Crippen LogP contribution < -0.4 is 0 Å². The van der Waals surface area contributed by atoms with E-state index >= 15 is 0 Å². The van der Waals surface area contributed by atoms with Crippen LogP contribution in [-0.4, -0.2) is 16.2 Å². The van der Waals surface area contributed by atoms with Gasteiger partial charge in [0.25, 0.3) is 0 Å². The third-order valence-corrected chi connectivity index (χ3v) is 3.65. The van der Waals surface area contributed by atoms with E-state index < -0.39 is 5.97 Å². The fourth-order valence-corrected chi connectivity index (χ4v) is 2.25. The maximum atomic E-state index is 10.6. The highest BCUT2D eigenvalue weighted by Crippen LogP contribution is 2.27. The maximum Gasteiger partial charge on any atom is 0.307 e. The zero-order valence-electron chi connectivity index (χ0n) is 13.5. The number of phenolic OH excluding ortho intramolecular Hbond substituents is 1. The van der Waals surface area contributed by atoms with E-state index in [1.807, 2.05) is 13.0 Å². The number of allylic oxidation sites excluding steroid dienone is 3. The third-order valence-electron chi connectivity index (χ3n) is 3.65. The molecule has 3 heteroatoms. The Kier molecular flexibility index (Phi) is 8.05. The molecule has 1 fully saturated rings. The predicted octanol–water partition coefficient (Wildman–Crippen LogP) is 4.81. The lowest BCUT2D eigenvalue weighted by atomic mass is 9.85. The minimum Gasteiger partial charge on any atom is -0.507 e. The van der Waals surface area contributed by atoms with Crippen molar-refractivity contribution in [2.45, 2.75) is 46.0 Å². The summed E-state index contributed by atoms with van der Waals surface area (Å²) in [5.41, 5.74) is 1.23. The molecule has 2 N–H and O–H groups in total. The first-order chi connectivity index (χ1) is 10.6. The zero-order chi connectivity index (χ0) is 16.4. The molecule has 0 bridgehead atoms. The monoisotopic (exact) mass is 302 g/mol. The highest BCUT2D eigenvalue weighted by Gasteiger charge is 2.12. The van der Waals surface area contributed by atoms with Gasteiger partial charge in [-0.1, -0.05) is 49.8 Å². The fraction of sp³-hybridized carbons (Fsp3) is 0.421. The van der Waals surface area contributed by atoms with Crippen molar-refractivity contribution >= 4 is 12.0 Å². The second-order valence-corrected chi connectivity index (χ2v) is 5.45. The van der Waals surface area contributed by atoms with Crippen LogP contribution in [0.4, 0.5) is 0 Å². The Morgan fingerprint density at radius 1 is 1.36 bits per heavy atom. The first kappa shape index (κ1) is 18.0. The summed E-state index contributed by atoms with van der Waals surface area (Å²) in [7, 11) is 0. The van der Waals surface area contributed by atoms with Crippen molar-refractivity contribution in [2.24, 2.45) is 5.92 Å². The number of hydrogen-bond acceptors (Lipinski definition) is 2.